The number of benzene rings is 3. The van der Waals surface area contributed by atoms with Gasteiger partial charge in [0, 0.05) is 29.1 Å². The second kappa shape index (κ2) is 12.8. The topological polar surface area (TPSA) is 58.6 Å². The largest absolute Gasteiger partial charge is 0.484 e. The lowest BCUT2D eigenvalue weighted by Gasteiger charge is -2.32. The molecule has 0 aliphatic heterocycles. The molecule has 1 aliphatic rings. The Hall–Kier alpha value is -3.02. The lowest BCUT2D eigenvalue weighted by atomic mass is 10.0. The summed E-state index contributed by atoms with van der Waals surface area (Å²) in [5, 5.41) is 4.36. The van der Waals surface area contributed by atoms with Crippen molar-refractivity contribution in [3.05, 3.63) is 100 Å². The highest BCUT2D eigenvalue weighted by atomic mass is 35.5. The molecule has 5 nitrogen and oxygen atoms in total. The van der Waals surface area contributed by atoms with Crippen molar-refractivity contribution in [3.63, 3.8) is 0 Å². The second-order valence-electron chi connectivity index (χ2n) is 9.09. The lowest BCUT2D eigenvalue weighted by Crippen LogP contribution is -2.53. The summed E-state index contributed by atoms with van der Waals surface area (Å²) in [5.41, 5.74) is 1.82. The van der Waals surface area contributed by atoms with Gasteiger partial charge in [-0.05, 0) is 60.4 Å². The van der Waals surface area contributed by atoms with Crippen molar-refractivity contribution in [3.8, 4) is 5.75 Å². The van der Waals surface area contributed by atoms with Crippen molar-refractivity contribution in [1.29, 1.82) is 0 Å². The molecule has 0 heterocycles. The van der Waals surface area contributed by atoms with E-state index in [4.69, 9.17) is 27.9 Å². The SMILES string of the molecule is O=C(NC1CCCC1)[C@H](Cc1ccccc1)N(Cc1cccc(Cl)c1)C(=O)COc1ccc(Cl)cc1. The van der Waals surface area contributed by atoms with Crippen LogP contribution in [0.3, 0.4) is 0 Å². The normalized spacial score (nSPS) is 14.3. The highest BCUT2D eigenvalue weighted by Crippen LogP contribution is 2.21. The summed E-state index contributed by atoms with van der Waals surface area (Å²) < 4.78 is 5.77. The molecule has 4 rings (SSSR count). The first kappa shape index (κ1) is 26.1. The van der Waals surface area contributed by atoms with Crippen LogP contribution in [0.4, 0.5) is 0 Å². The minimum Gasteiger partial charge on any atom is -0.484 e. The van der Waals surface area contributed by atoms with Gasteiger partial charge in [0.2, 0.25) is 5.91 Å². The highest BCUT2D eigenvalue weighted by Gasteiger charge is 2.32. The van der Waals surface area contributed by atoms with Gasteiger partial charge in [0.15, 0.2) is 6.61 Å². The molecule has 0 spiro atoms. The molecule has 0 bridgehead atoms. The number of hydrogen-bond donors (Lipinski definition) is 1. The van der Waals surface area contributed by atoms with Gasteiger partial charge in [-0.15, -0.1) is 0 Å². The zero-order valence-electron chi connectivity index (χ0n) is 20.0. The molecule has 36 heavy (non-hydrogen) atoms. The highest BCUT2D eigenvalue weighted by molar-refractivity contribution is 6.30. The van der Waals surface area contributed by atoms with E-state index in [-0.39, 0.29) is 31.0 Å². The van der Waals surface area contributed by atoms with E-state index >= 15 is 0 Å². The molecular weight excluding hydrogens is 495 g/mol. The molecule has 3 aromatic rings. The number of amides is 2. The van der Waals surface area contributed by atoms with Gasteiger partial charge in [0.05, 0.1) is 0 Å². The van der Waals surface area contributed by atoms with E-state index in [1.54, 1.807) is 35.2 Å². The molecule has 0 radical (unpaired) electrons. The summed E-state index contributed by atoms with van der Waals surface area (Å²) in [7, 11) is 0. The number of nitrogens with one attached hydrogen (secondary N) is 1. The quantitative estimate of drug-likeness (QED) is 0.350. The van der Waals surface area contributed by atoms with E-state index < -0.39 is 6.04 Å². The molecule has 0 aromatic heterocycles. The fourth-order valence-corrected chi connectivity index (χ4v) is 4.85. The molecule has 1 fully saturated rings. The smallest absolute Gasteiger partial charge is 0.261 e. The Kier molecular flexibility index (Phi) is 9.26. The van der Waals surface area contributed by atoms with Crippen LogP contribution in [0.15, 0.2) is 78.9 Å². The van der Waals surface area contributed by atoms with Crippen molar-refractivity contribution < 1.29 is 14.3 Å². The minimum absolute atomic E-state index is 0.143. The van der Waals surface area contributed by atoms with E-state index in [0.29, 0.717) is 22.2 Å². The van der Waals surface area contributed by atoms with Crippen LogP contribution in [0, 0.1) is 0 Å². The van der Waals surface area contributed by atoms with Crippen molar-refractivity contribution in [2.24, 2.45) is 0 Å². The number of ether oxygens (including phenoxy) is 1. The van der Waals surface area contributed by atoms with E-state index in [9.17, 15) is 9.59 Å². The first-order chi connectivity index (χ1) is 17.5. The standard InChI is InChI=1S/C29H30Cl2N2O3/c30-23-13-15-26(16-14-23)36-20-28(34)33(19-22-9-6-10-24(31)17-22)27(18-21-7-2-1-3-8-21)29(35)32-25-11-4-5-12-25/h1-3,6-10,13-17,25,27H,4-5,11-12,18-20H2,(H,32,35)/t27-/m0/s1. The number of nitrogens with zero attached hydrogens (tertiary/aromatic N) is 1. The summed E-state index contributed by atoms with van der Waals surface area (Å²) in [6.45, 7) is 0.0309. The first-order valence-corrected chi connectivity index (χ1v) is 13.0. The van der Waals surface area contributed by atoms with Gasteiger partial charge in [-0.1, -0.05) is 78.5 Å². The maximum absolute atomic E-state index is 13.6. The predicted molar refractivity (Wildman–Crippen MR) is 143 cm³/mol. The average molecular weight is 525 g/mol. The van der Waals surface area contributed by atoms with E-state index in [0.717, 1.165) is 36.8 Å². The Morgan fingerprint density at radius 1 is 0.889 bits per heavy atom. The Bertz CT molecular complexity index is 1150. The first-order valence-electron chi connectivity index (χ1n) is 12.2. The number of rotatable bonds is 10. The van der Waals surface area contributed by atoms with Crippen LogP contribution in [0.25, 0.3) is 0 Å². The van der Waals surface area contributed by atoms with Crippen molar-refractivity contribution >= 4 is 35.0 Å². The van der Waals surface area contributed by atoms with Crippen molar-refractivity contribution in [2.45, 2.75) is 50.7 Å². The minimum atomic E-state index is -0.701. The maximum atomic E-state index is 13.6. The Labute approximate surface area is 222 Å². The zero-order valence-corrected chi connectivity index (χ0v) is 21.5. The van der Waals surface area contributed by atoms with Gasteiger partial charge >= 0.3 is 0 Å². The summed E-state index contributed by atoms with van der Waals surface area (Å²) in [5.74, 6) is 0.102. The predicted octanol–water partition coefficient (Wildman–Crippen LogP) is 6.07. The summed E-state index contributed by atoms with van der Waals surface area (Å²) in [6, 6.07) is 23.4. The van der Waals surface area contributed by atoms with Gasteiger partial charge in [-0.3, -0.25) is 9.59 Å². The zero-order chi connectivity index (χ0) is 25.3. The van der Waals surface area contributed by atoms with Gasteiger partial charge in [-0.25, -0.2) is 0 Å². The lowest BCUT2D eigenvalue weighted by molar-refractivity contribution is -0.143. The number of carbonyl (C=O) groups is 2. The summed E-state index contributed by atoms with van der Waals surface area (Å²) in [4.78, 5) is 28.8. The van der Waals surface area contributed by atoms with Gasteiger partial charge < -0.3 is 15.0 Å². The van der Waals surface area contributed by atoms with Crippen LogP contribution in [-0.2, 0) is 22.6 Å². The van der Waals surface area contributed by atoms with Crippen LogP contribution in [0.2, 0.25) is 10.0 Å². The molecular formula is C29H30Cl2N2O3. The molecule has 7 heteroatoms. The molecule has 1 aliphatic carbocycles. The monoisotopic (exact) mass is 524 g/mol. The molecule has 1 saturated carbocycles. The fraction of sp³-hybridized carbons (Fsp3) is 0.310. The number of carbonyl (C=O) groups excluding carboxylic acids is 2. The van der Waals surface area contributed by atoms with Crippen LogP contribution in [-0.4, -0.2) is 35.4 Å². The summed E-state index contributed by atoms with van der Waals surface area (Å²) in [6.07, 6.45) is 4.53. The average Bonchev–Trinajstić information content (AvgIpc) is 3.39. The Balaban J connectivity index is 1.60. The van der Waals surface area contributed by atoms with Crippen LogP contribution < -0.4 is 10.1 Å². The Morgan fingerprint density at radius 3 is 2.28 bits per heavy atom. The molecule has 1 atom stereocenters. The van der Waals surface area contributed by atoms with E-state index in [1.165, 1.54) is 0 Å². The molecule has 188 valence electrons. The molecule has 1 N–H and O–H groups in total. The molecule has 2 amide bonds. The maximum Gasteiger partial charge on any atom is 0.261 e. The van der Waals surface area contributed by atoms with Crippen molar-refractivity contribution in [1.82, 2.24) is 10.2 Å². The van der Waals surface area contributed by atoms with Crippen LogP contribution in [0.1, 0.15) is 36.8 Å². The molecule has 0 unspecified atom stereocenters. The third-order valence-electron chi connectivity index (χ3n) is 6.39. The van der Waals surface area contributed by atoms with E-state index in [1.807, 2.05) is 48.5 Å². The van der Waals surface area contributed by atoms with Crippen LogP contribution in [0.5, 0.6) is 5.75 Å². The third kappa shape index (κ3) is 7.49. The Morgan fingerprint density at radius 2 is 1.58 bits per heavy atom. The summed E-state index contributed by atoms with van der Waals surface area (Å²) >= 11 is 12.2. The van der Waals surface area contributed by atoms with Gasteiger partial charge in [-0.2, -0.15) is 0 Å². The fourth-order valence-electron chi connectivity index (χ4n) is 4.51. The van der Waals surface area contributed by atoms with Crippen molar-refractivity contribution in [2.75, 3.05) is 6.61 Å². The molecule has 0 saturated heterocycles. The second-order valence-corrected chi connectivity index (χ2v) is 9.96. The van der Waals surface area contributed by atoms with Gasteiger partial charge in [0.25, 0.3) is 5.91 Å². The van der Waals surface area contributed by atoms with Gasteiger partial charge in [0.1, 0.15) is 11.8 Å². The number of hydrogen-bond acceptors (Lipinski definition) is 3. The van der Waals surface area contributed by atoms with E-state index in [2.05, 4.69) is 5.32 Å². The molecule has 3 aromatic carbocycles. The third-order valence-corrected chi connectivity index (χ3v) is 6.88. The van der Waals surface area contributed by atoms with Crippen LogP contribution >= 0.6 is 23.2 Å². The number of halogens is 2.